The lowest BCUT2D eigenvalue weighted by Gasteiger charge is -2.30. The third-order valence-electron chi connectivity index (χ3n) is 4.06. The maximum Gasteiger partial charge on any atom is 0.416 e. The van der Waals surface area contributed by atoms with Gasteiger partial charge in [-0.15, -0.1) is 0 Å². The van der Waals surface area contributed by atoms with Gasteiger partial charge in [-0.3, -0.25) is 10.1 Å². The first-order chi connectivity index (χ1) is 13.4. The van der Waals surface area contributed by atoms with Gasteiger partial charge in [0, 0.05) is 12.1 Å². The first-order valence-electron chi connectivity index (χ1n) is 8.11. The molecule has 0 saturated heterocycles. The number of aliphatic carboxylic acids is 1. The predicted octanol–water partition coefficient (Wildman–Crippen LogP) is 4.36. The molecule has 2 aromatic carbocycles. The van der Waals surface area contributed by atoms with Crippen molar-refractivity contribution in [1.29, 1.82) is 0 Å². The molecule has 11 heteroatoms. The van der Waals surface area contributed by atoms with Gasteiger partial charge in [0.1, 0.15) is 17.1 Å². The van der Waals surface area contributed by atoms with Crippen molar-refractivity contribution in [3.05, 3.63) is 57.1 Å². The number of carboxylic acids is 1. The van der Waals surface area contributed by atoms with Crippen molar-refractivity contribution in [2.45, 2.75) is 32.0 Å². The van der Waals surface area contributed by atoms with Gasteiger partial charge in [-0.25, -0.2) is 0 Å². The first-order valence-corrected chi connectivity index (χ1v) is 8.48. The molecule has 29 heavy (non-hydrogen) atoms. The standard InChI is InChI=1S/C18H15ClF3NO6/c1-3-17(2,16(24)25)29-15-9-11(5-6-13(15)23(26)27)28-14-7-4-10(8-12(14)19)18(20,21)22/h4-9H,3H2,1-2H3,(H,24,25)/p-1. The van der Waals surface area contributed by atoms with Gasteiger partial charge in [-0.1, -0.05) is 18.5 Å². The molecule has 1 unspecified atom stereocenters. The number of hydrogen-bond acceptors (Lipinski definition) is 6. The van der Waals surface area contributed by atoms with Crippen molar-refractivity contribution < 1.29 is 37.5 Å². The zero-order valence-electron chi connectivity index (χ0n) is 15.1. The van der Waals surface area contributed by atoms with E-state index in [1.807, 2.05) is 0 Å². The van der Waals surface area contributed by atoms with E-state index >= 15 is 0 Å². The number of carbonyl (C=O) groups is 1. The molecule has 0 amide bonds. The van der Waals surface area contributed by atoms with E-state index in [0.29, 0.717) is 6.07 Å². The smallest absolute Gasteiger partial charge is 0.416 e. The van der Waals surface area contributed by atoms with Gasteiger partial charge in [-0.2, -0.15) is 13.2 Å². The van der Waals surface area contributed by atoms with Crippen LogP contribution in [0.2, 0.25) is 5.02 Å². The average Bonchev–Trinajstić information content (AvgIpc) is 2.62. The summed E-state index contributed by atoms with van der Waals surface area (Å²) in [7, 11) is 0. The monoisotopic (exact) mass is 432 g/mol. The molecule has 156 valence electrons. The number of rotatable bonds is 7. The fourth-order valence-corrected chi connectivity index (χ4v) is 2.40. The van der Waals surface area contributed by atoms with Crippen LogP contribution in [0, 0.1) is 10.1 Å². The van der Waals surface area contributed by atoms with Crippen LogP contribution in [-0.2, 0) is 11.0 Å². The van der Waals surface area contributed by atoms with Gasteiger partial charge >= 0.3 is 11.9 Å². The lowest BCUT2D eigenvalue weighted by molar-refractivity contribution is -0.386. The molecule has 0 aromatic heterocycles. The number of nitrogens with zero attached hydrogens (tertiary/aromatic N) is 1. The van der Waals surface area contributed by atoms with Crippen LogP contribution in [0.5, 0.6) is 17.2 Å². The molecule has 7 nitrogen and oxygen atoms in total. The van der Waals surface area contributed by atoms with Gasteiger partial charge in [0.2, 0.25) is 5.75 Å². The van der Waals surface area contributed by atoms with Gasteiger partial charge in [-0.05, 0) is 37.6 Å². The molecule has 2 rings (SSSR count). The summed E-state index contributed by atoms with van der Waals surface area (Å²) in [6.07, 6.45) is -4.64. The van der Waals surface area contributed by atoms with Crippen molar-refractivity contribution in [2.24, 2.45) is 0 Å². The molecule has 0 radical (unpaired) electrons. The Balaban J connectivity index is 2.41. The zero-order chi connectivity index (χ0) is 22.0. The van der Waals surface area contributed by atoms with Crippen LogP contribution in [0.3, 0.4) is 0 Å². The molecular weight excluding hydrogens is 419 g/mol. The van der Waals surface area contributed by atoms with E-state index < -0.39 is 39.7 Å². The lowest BCUT2D eigenvalue weighted by Crippen LogP contribution is -2.50. The quantitative estimate of drug-likeness (QED) is 0.476. The highest BCUT2D eigenvalue weighted by atomic mass is 35.5. The van der Waals surface area contributed by atoms with Gasteiger partial charge in [0.15, 0.2) is 0 Å². The largest absolute Gasteiger partial charge is 0.546 e. The lowest BCUT2D eigenvalue weighted by atomic mass is 10.0. The normalized spacial score (nSPS) is 13.4. The molecule has 0 N–H and O–H groups in total. The maximum absolute atomic E-state index is 12.7. The topological polar surface area (TPSA) is 102 Å². The van der Waals surface area contributed by atoms with Crippen molar-refractivity contribution in [2.75, 3.05) is 0 Å². The minimum Gasteiger partial charge on any atom is -0.546 e. The number of hydrogen-bond donors (Lipinski definition) is 0. The van der Waals surface area contributed by atoms with E-state index in [1.54, 1.807) is 0 Å². The van der Waals surface area contributed by atoms with E-state index in [-0.39, 0.29) is 22.9 Å². The van der Waals surface area contributed by atoms with E-state index in [9.17, 15) is 33.2 Å². The fraction of sp³-hybridized carbons (Fsp3) is 0.278. The number of halogens is 4. The Labute approximate surface area is 167 Å². The number of alkyl halides is 3. The zero-order valence-corrected chi connectivity index (χ0v) is 15.8. The highest BCUT2D eigenvalue weighted by Gasteiger charge is 2.32. The molecule has 0 aliphatic carbocycles. The predicted molar refractivity (Wildman–Crippen MR) is 94.0 cm³/mol. The van der Waals surface area contributed by atoms with Gasteiger partial charge in [0.25, 0.3) is 0 Å². The van der Waals surface area contributed by atoms with Crippen molar-refractivity contribution in [3.8, 4) is 17.2 Å². The van der Waals surface area contributed by atoms with Crippen LogP contribution < -0.4 is 14.6 Å². The second-order valence-electron chi connectivity index (χ2n) is 6.11. The van der Waals surface area contributed by atoms with E-state index in [4.69, 9.17) is 21.1 Å². The minimum absolute atomic E-state index is 0.0533. The molecule has 0 bridgehead atoms. The molecule has 1 atom stereocenters. The molecule has 0 spiro atoms. The minimum atomic E-state index is -4.59. The van der Waals surface area contributed by atoms with Gasteiger partial charge in [0.05, 0.1) is 21.5 Å². The van der Waals surface area contributed by atoms with E-state index in [1.165, 1.54) is 19.9 Å². The molecule has 0 fully saturated rings. The number of benzene rings is 2. The van der Waals surface area contributed by atoms with Crippen LogP contribution in [0.4, 0.5) is 18.9 Å². The molecule has 0 aliphatic heterocycles. The summed E-state index contributed by atoms with van der Waals surface area (Å²) < 4.78 is 48.9. The Morgan fingerprint density at radius 2 is 1.83 bits per heavy atom. The third kappa shape index (κ3) is 5.08. The van der Waals surface area contributed by atoms with Crippen molar-refractivity contribution in [3.63, 3.8) is 0 Å². The highest BCUT2D eigenvalue weighted by molar-refractivity contribution is 6.32. The average molecular weight is 433 g/mol. The third-order valence-corrected chi connectivity index (χ3v) is 4.35. The molecular formula is C18H14ClF3NO6-. The molecule has 2 aromatic rings. The Bertz CT molecular complexity index is 950. The number of carboxylic acid groups (broad SMARTS) is 1. The SMILES string of the molecule is CCC(C)(Oc1cc(Oc2ccc(C(F)(F)F)cc2Cl)ccc1[N+](=O)[O-])C(=O)[O-]. The molecule has 0 aliphatic rings. The number of carbonyl (C=O) groups excluding carboxylic acids is 1. The Kier molecular flexibility index (Phi) is 6.27. The van der Waals surface area contributed by atoms with Gasteiger partial charge < -0.3 is 19.4 Å². The summed E-state index contributed by atoms with van der Waals surface area (Å²) in [6, 6.07) is 5.64. The van der Waals surface area contributed by atoms with Crippen molar-refractivity contribution in [1.82, 2.24) is 0 Å². The van der Waals surface area contributed by atoms with Crippen LogP contribution in [0.25, 0.3) is 0 Å². The first kappa shape index (κ1) is 22.3. The fourth-order valence-electron chi connectivity index (χ4n) is 2.18. The highest BCUT2D eigenvalue weighted by Crippen LogP contribution is 2.39. The van der Waals surface area contributed by atoms with Crippen LogP contribution >= 0.6 is 11.6 Å². The number of nitro benzene ring substituents is 1. The van der Waals surface area contributed by atoms with E-state index in [2.05, 4.69) is 0 Å². The second-order valence-corrected chi connectivity index (χ2v) is 6.51. The maximum atomic E-state index is 12.7. The van der Waals surface area contributed by atoms with Crippen LogP contribution in [0.1, 0.15) is 25.8 Å². The summed E-state index contributed by atoms with van der Waals surface area (Å²) >= 11 is 5.83. The Morgan fingerprint density at radius 3 is 2.31 bits per heavy atom. The molecule has 0 saturated carbocycles. The Hall–Kier alpha value is -3.01. The number of nitro groups is 1. The summed E-state index contributed by atoms with van der Waals surface area (Å²) in [5, 5.41) is 22.2. The summed E-state index contributed by atoms with van der Waals surface area (Å²) in [5.74, 6) is -2.20. The summed E-state index contributed by atoms with van der Waals surface area (Å²) in [5.41, 5.74) is -3.36. The van der Waals surface area contributed by atoms with E-state index in [0.717, 1.165) is 24.3 Å². The Morgan fingerprint density at radius 1 is 1.17 bits per heavy atom. The summed E-state index contributed by atoms with van der Waals surface area (Å²) in [6.45, 7) is 2.68. The number of ether oxygens (including phenoxy) is 2. The van der Waals surface area contributed by atoms with Crippen molar-refractivity contribution >= 4 is 23.3 Å². The molecule has 0 heterocycles. The van der Waals surface area contributed by atoms with Crippen LogP contribution in [-0.4, -0.2) is 16.5 Å². The summed E-state index contributed by atoms with van der Waals surface area (Å²) in [4.78, 5) is 21.8. The second kappa shape index (κ2) is 8.16. The van der Waals surface area contributed by atoms with Crippen LogP contribution in [0.15, 0.2) is 36.4 Å².